The summed E-state index contributed by atoms with van der Waals surface area (Å²) in [5.41, 5.74) is 3.52. The first-order chi connectivity index (χ1) is 16.8. The number of sulfonamides is 1. The number of anilines is 1. The van der Waals surface area contributed by atoms with E-state index in [1.807, 2.05) is 19.9 Å². The number of amides is 1. The summed E-state index contributed by atoms with van der Waals surface area (Å²) in [7, 11) is -3.57. The molecule has 186 valence electrons. The predicted octanol–water partition coefficient (Wildman–Crippen LogP) is 4.50. The van der Waals surface area contributed by atoms with Crippen molar-refractivity contribution in [2.24, 2.45) is 0 Å². The summed E-state index contributed by atoms with van der Waals surface area (Å²) in [6, 6.07) is 10.4. The van der Waals surface area contributed by atoms with Crippen molar-refractivity contribution in [3.63, 3.8) is 0 Å². The molecule has 0 spiro atoms. The van der Waals surface area contributed by atoms with Gasteiger partial charge < -0.3 is 14.3 Å². The van der Waals surface area contributed by atoms with Crippen molar-refractivity contribution < 1.29 is 17.6 Å². The van der Waals surface area contributed by atoms with Crippen LogP contribution in [0.15, 0.2) is 45.7 Å². The van der Waals surface area contributed by atoms with Gasteiger partial charge in [0, 0.05) is 45.1 Å². The largest absolute Gasteiger partial charge is 0.441 e. The summed E-state index contributed by atoms with van der Waals surface area (Å²) < 4.78 is 34.9. The van der Waals surface area contributed by atoms with E-state index in [9.17, 15) is 13.2 Å². The minimum Gasteiger partial charge on any atom is -0.441 e. The van der Waals surface area contributed by atoms with E-state index in [0.717, 1.165) is 24.3 Å². The van der Waals surface area contributed by atoms with Gasteiger partial charge in [0.2, 0.25) is 15.9 Å². The molecule has 0 saturated carbocycles. The maximum atomic E-state index is 13.0. The van der Waals surface area contributed by atoms with E-state index in [1.165, 1.54) is 4.31 Å². The number of carbonyl (C=O) groups excluding carboxylic acids is 1. The number of oxazole rings is 1. The van der Waals surface area contributed by atoms with Crippen LogP contribution in [0.25, 0.3) is 22.1 Å². The Kier molecular flexibility index (Phi) is 7.23. The molecule has 9 nitrogen and oxygen atoms in total. The van der Waals surface area contributed by atoms with E-state index in [4.69, 9.17) is 9.40 Å². The Morgan fingerprint density at radius 1 is 1.06 bits per heavy atom. The number of nitrogens with one attached hydrogen (secondary N) is 1. The van der Waals surface area contributed by atoms with Gasteiger partial charge in [-0.15, -0.1) is 0 Å². The molecule has 4 rings (SSSR count). The van der Waals surface area contributed by atoms with Gasteiger partial charge in [0.05, 0.1) is 15.9 Å². The van der Waals surface area contributed by atoms with E-state index in [0.29, 0.717) is 47.7 Å². The summed E-state index contributed by atoms with van der Waals surface area (Å²) >= 11 is 0. The van der Waals surface area contributed by atoms with Gasteiger partial charge in [-0.1, -0.05) is 20.8 Å². The summed E-state index contributed by atoms with van der Waals surface area (Å²) in [5, 5.41) is 2.91. The fraction of sp³-hybridized carbons (Fsp3) is 0.400. The topological polar surface area (TPSA) is 110 Å². The number of aromatic nitrogens is 3. The zero-order valence-corrected chi connectivity index (χ0v) is 21.4. The minimum absolute atomic E-state index is 0.135. The molecule has 2 heterocycles. The molecule has 0 aliphatic rings. The second-order valence-electron chi connectivity index (χ2n) is 8.38. The van der Waals surface area contributed by atoms with Crippen LogP contribution in [-0.2, 0) is 27.8 Å². The molecule has 4 aromatic rings. The molecule has 0 radical (unpaired) electrons. The maximum absolute atomic E-state index is 13.0. The van der Waals surface area contributed by atoms with Gasteiger partial charge in [-0.05, 0) is 42.8 Å². The van der Waals surface area contributed by atoms with Crippen LogP contribution >= 0.6 is 0 Å². The van der Waals surface area contributed by atoms with Crippen molar-refractivity contribution in [1.29, 1.82) is 0 Å². The Hall–Kier alpha value is -3.24. The van der Waals surface area contributed by atoms with Gasteiger partial charge in [-0.25, -0.2) is 18.4 Å². The van der Waals surface area contributed by atoms with Crippen LogP contribution in [0.4, 0.5) is 5.69 Å². The van der Waals surface area contributed by atoms with Gasteiger partial charge in [-0.2, -0.15) is 4.31 Å². The summed E-state index contributed by atoms with van der Waals surface area (Å²) in [6.07, 6.45) is 1.57. The monoisotopic (exact) mass is 497 g/mol. The Balaban J connectivity index is 1.54. The molecule has 1 N–H and O–H groups in total. The van der Waals surface area contributed by atoms with E-state index in [1.54, 1.807) is 37.3 Å². The molecule has 0 aliphatic heterocycles. The number of carbonyl (C=O) groups is 1. The maximum Gasteiger partial charge on any atom is 0.243 e. The molecule has 35 heavy (non-hydrogen) atoms. The minimum atomic E-state index is -3.57. The second-order valence-corrected chi connectivity index (χ2v) is 10.3. The van der Waals surface area contributed by atoms with Crippen LogP contribution in [0, 0.1) is 6.92 Å². The number of rotatable bonds is 10. The third-order valence-corrected chi connectivity index (χ3v) is 7.99. The first kappa shape index (κ1) is 24.9. The number of hydrogen-bond donors (Lipinski definition) is 1. The molecular formula is C25H31N5O4S. The molecule has 0 bridgehead atoms. The standard InChI is InChI=1S/C25H31N5O4S/c1-5-14-30-22-10-9-19(35(32,33)29(6-2)7-3)16-20(22)28-24(30)12-13-25(31)27-18-8-11-23-21(15-18)26-17(4)34-23/h8-11,15-16H,5-7,12-14H2,1-4H3,(H,27,31). The number of aryl methyl sites for hydroxylation is 3. The van der Waals surface area contributed by atoms with Crippen molar-refractivity contribution in [3.05, 3.63) is 48.1 Å². The second kappa shape index (κ2) is 10.2. The zero-order chi connectivity index (χ0) is 25.2. The molecule has 0 atom stereocenters. The van der Waals surface area contributed by atoms with Crippen molar-refractivity contribution in [2.45, 2.75) is 58.4 Å². The lowest BCUT2D eigenvalue weighted by molar-refractivity contribution is -0.116. The Morgan fingerprint density at radius 3 is 2.54 bits per heavy atom. The van der Waals surface area contributed by atoms with E-state index < -0.39 is 10.0 Å². The van der Waals surface area contributed by atoms with Gasteiger partial charge in [0.1, 0.15) is 11.3 Å². The Bertz CT molecular complexity index is 1470. The molecule has 1 amide bonds. The molecule has 0 saturated heterocycles. The number of imidazole rings is 1. The van der Waals surface area contributed by atoms with Crippen LogP contribution in [-0.4, -0.2) is 46.3 Å². The zero-order valence-electron chi connectivity index (χ0n) is 20.5. The highest BCUT2D eigenvalue weighted by molar-refractivity contribution is 7.89. The summed E-state index contributed by atoms with van der Waals surface area (Å²) in [6.45, 7) is 9.05. The third kappa shape index (κ3) is 5.08. The van der Waals surface area contributed by atoms with Gasteiger partial charge >= 0.3 is 0 Å². The van der Waals surface area contributed by atoms with Crippen molar-refractivity contribution >= 4 is 43.8 Å². The summed E-state index contributed by atoms with van der Waals surface area (Å²) in [5.74, 6) is 1.20. The molecule has 2 aromatic heterocycles. The van der Waals surface area contributed by atoms with Gasteiger partial charge in [-0.3, -0.25) is 4.79 Å². The van der Waals surface area contributed by atoms with Crippen molar-refractivity contribution in [3.8, 4) is 0 Å². The highest BCUT2D eigenvalue weighted by Gasteiger charge is 2.23. The van der Waals surface area contributed by atoms with E-state index in [2.05, 4.69) is 21.8 Å². The number of nitrogens with zero attached hydrogens (tertiary/aromatic N) is 4. The Morgan fingerprint density at radius 2 is 1.83 bits per heavy atom. The van der Waals surface area contributed by atoms with Crippen molar-refractivity contribution in [1.82, 2.24) is 18.8 Å². The van der Waals surface area contributed by atoms with Crippen LogP contribution in [0.1, 0.15) is 45.3 Å². The SMILES string of the molecule is CCCn1c(CCC(=O)Nc2ccc3oc(C)nc3c2)nc2cc(S(=O)(=O)N(CC)CC)ccc21. The lowest BCUT2D eigenvalue weighted by atomic mass is 10.2. The van der Waals surface area contributed by atoms with Crippen LogP contribution in [0.2, 0.25) is 0 Å². The quantitative estimate of drug-likeness (QED) is 0.345. The lowest BCUT2D eigenvalue weighted by Crippen LogP contribution is -2.30. The highest BCUT2D eigenvalue weighted by Crippen LogP contribution is 2.24. The first-order valence-electron chi connectivity index (χ1n) is 11.9. The van der Waals surface area contributed by atoms with Crippen LogP contribution < -0.4 is 5.32 Å². The molecule has 0 aliphatic carbocycles. The fourth-order valence-electron chi connectivity index (χ4n) is 4.27. The summed E-state index contributed by atoms with van der Waals surface area (Å²) in [4.78, 5) is 21.9. The Labute approximate surface area is 205 Å². The van der Waals surface area contributed by atoms with Crippen LogP contribution in [0.3, 0.4) is 0 Å². The number of benzene rings is 2. The molecule has 0 unspecified atom stereocenters. The molecule has 2 aromatic carbocycles. The average molecular weight is 498 g/mol. The van der Waals surface area contributed by atoms with E-state index in [-0.39, 0.29) is 17.2 Å². The molecule has 0 fully saturated rings. The fourth-order valence-corrected chi connectivity index (χ4v) is 5.74. The predicted molar refractivity (Wildman–Crippen MR) is 136 cm³/mol. The number of hydrogen-bond acceptors (Lipinski definition) is 6. The van der Waals surface area contributed by atoms with Gasteiger partial charge in [0.25, 0.3) is 0 Å². The smallest absolute Gasteiger partial charge is 0.243 e. The molecular weight excluding hydrogens is 466 g/mol. The van der Waals surface area contributed by atoms with Crippen LogP contribution in [0.5, 0.6) is 0 Å². The normalized spacial score (nSPS) is 12.1. The van der Waals surface area contributed by atoms with E-state index >= 15 is 0 Å². The van der Waals surface area contributed by atoms with Gasteiger partial charge in [0.15, 0.2) is 11.5 Å². The third-order valence-electron chi connectivity index (χ3n) is 5.94. The highest BCUT2D eigenvalue weighted by atomic mass is 32.2. The lowest BCUT2D eigenvalue weighted by Gasteiger charge is -2.18. The average Bonchev–Trinajstić information content (AvgIpc) is 3.37. The first-order valence-corrected chi connectivity index (χ1v) is 13.4. The van der Waals surface area contributed by atoms with Crippen molar-refractivity contribution in [2.75, 3.05) is 18.4 Å². The number of fused-ring (bicyclic) bond motifs is 2. The molecule has 10 heteroatoms.